The molecule has 2 aromatic heterocycles. The van der Waals surface area contributed by atoms with Crippen LogP contribution in [0.4, 0.5) is 0 Å². The molecule has 2 heterocycles. The summed E-state index contributed by atoms with van der Waals surface area (Å²) < 4.78 is 7.30. The third kappa shape index (κ3) is 1.95. The van der Waals surface area contributed by atoms with E-state index in [1.165, 1.54) is 5.56 Å². The van der Waals surface area contributed by atoms with Gasteiger partial charge in [0.2, 0.25) is 0 Å². The van der Waals surface area contributed by atoms with Gasteiger partial charge < -0.3 is 9.14 Å². The summed E-state index contributed by atoms with van der Waals surface area (Å²) in [5.74, 6) is 0.454. The van der Waals surface area contributed by atoms with Crippen LogP contribution in [-0.4, -0.2) is 16.5 Å². The molecule has 0 spiro atoms. The SMILES string of the molecule is COCc1cc(C)cn2cc(C(C)C)nc12. The number of fused-ring (bicyclic) bond motifs is 1. The van der Waals surface area contributed by atoms with Gasteiger partial charge in [-0.25, -0.2) is 4.98 Å². The van der Waals surface area contributed by atoms with Crippen molar-refractivity contribution in [1.82, 2.24) is 9.38 Å². The first kappa shape index (κ1) is 11.1. The summed E-state index contributed by atoms with van der Waals surface area (Å²) >= 11 is 0. The number of imidazole rings is 1. The second kappa shape index (κ2) is 4.26. The van der Waals surface area contributed by atoms with E-state index in [9.17, 15) is 0 Å². The van der Waals surface area contributed by atoms with Gasteiger partial charge in [0.1, 0.15) is 5.65 Å². The molecule has 0 aliphatic carbocycles. The lowest BCUT2D eigenvalue weighted by molar-refractivity contribution is 0.185. The van der Waals surface area contributed by atoms with Crippen LogP contribution in [0.1, 0.15) is 36.6 Å². The molecule has 2 rings (SSSR count). The Hall–Kier alpha value is -1.35. The zero-order valence-electron chi connectivity index (χ0n) is 10.3. The van der Waals surface area contributed by atoms with Gasteiger partial charge in [0.25, 0.3) is 0 Å². The molecule has 0 atom stereocenters. The highest BCUT2D eigenvalue weighted by molar-refractivity contribution is 5.50. The molecular weight excluding hydrogens is 200 g/mol. The maximum absolute atomic E-state index is 5.21. The van der Waals surface area contributed by atoms with Crippen LogP contribution in [0.3, 0.4) is 0 Å². The van der Waals surface area contributed by atoms with Crippen molar-refractivity contribution in [3.8, 4) is 0 Å². The first-order valence-electron chi connectivity index (χ1n) is 5.59. The Morgan fingerprint density at radius 2 is 2.12 bits per heavy atom. The average molecular weight is 218 g/mol. The number of hydrogen-bond donors (Lipinski definition) is 0. The fourth-order valence-corrected chi connectivity index (χ4v) is 1.88. The van der Waals surface area contributed by atoms with Crippen LogP contribution in [0.25, 0.3) is 5.65 Å². The molecule has 0 unspecified atom stereocenters. The van der Waals surface area contributed by atoms with Crippen molar-refractivity contribution in [3.05, 3.63) is 35.3 Å². The molecule has 0 bridgehead atoms. The smallest absolute Gasteiger partial charge is 0.142 e. The minimum Gasteiger partial charge on any atom is -0.380 e. The van der Waals surface area contributed by atoms with Crippen molar-refractivity contribution in [2.45, 2.75) is 33.3 Å². The molecule has 3 nitrogen and oxygen atoms in total. The topological polar surface area (TPSA) is 26.5 Å². The highest BCUT2D eigenvalue weighted by atomic mass is 16.5. The first-order chi connectivity index (χ1) is 7.61. The number of nitrogens with zero attached hydrogens (tertiary/aromatic N) is 2. The van der Waals surface area contributed by atoms with Gasteiger partial charge in [-0.1, -0.05) is 13.8 Å². The Labute approximate surface area is 96.1 Å². The van der Waals surface area contributed by atoms with E-state index in [4.69, 9.17) is 4.74 Å². The molecule has 0 aromatic carbocycles. The van der Waals surface area contributed by atoms with E-state index >= 15 is 0 Å². The van der Waals surface area contributed by atoms with Gasteiger partial charge in [0, 0.05) is 25.1 Å². The quantitative estimate of drug-likeness (QED) is 0.792. The van der Waals surface area contributed by atoms with Crippen LogP contribution in [0, 0.1) is 6.92 Å². The highest BCUT2D eigenvalue weighted by Gasteiger charge is 2.09. The standard InChI is InChI=1S/C13H18N2O/c1-9(2)12-7-15-6-10(3)5-11(8-16-4)13(15)14-12/h5-7,9H,8H2,1-4H3. The van der Waals surface area contributed by atoms with Gasteiger partial charge in [-0.15, -0.1) is 0 Å². The lowest BCUT2D eigenvalue weighted by Crippen LogP contribution is -1.95. The van der Waals surface area contributed by atoms with E-state index in [1.54, 1.807) is 7.11 Å². The van der Waals surface area contributed by atoms with Crippen LogP contribution >= 0.6 is 0 Å². The van der Waals surface area contributed by atoms with E-state index in [2.05, 4.69) is 48.6 Å². The Kier molecular flexibility index (Phi) is 2.97. The molecule has 0 fully saturated rings. The van der Waals surface area contributed by atoms with Crippen LogP contribution in [-0.2, 0) is 11.3 Å². The molecule has 0 saturated carbocycles. The Morgan fingerprint density at radius 3 is 2.75 bits per heavy atom. The predicted molar refractivity (Wildman–Crippen MR) is 64.7 cm³/mol. The van der Waals surface area contributed by atoms with Crippen molar-refractivity contribution in [1.29, 1.82) is 0 Å². The number of aromatic nitrogens is 2. The van der Waals surface area contributed by atoms with Crippen molar-refractivity contribution in [2.75, 3.05) is 7.11 Å². The summed E-state index contributed by atoms with van der Waals surface area (Å²) in [7, 11) is 1.71. The van der Waals surface area contributed by atoms with Crippen LogP contribution in [0.15, 0.2) is 18.5 Å². The lowest BCUT2D eigenvalue weighted by Gasteiger charge is -2.04. The molecule has 0 amide bonds. The summed E-state index contributed by atoms with van der Waals surface area (Å²) in [6, 6.07) is 2.13. The fraction of sp³-hybridized carbons (Fsp3) is 0.462. The summed E-state index contributed by atoms with van der Waals surface area (Å²) in [5, 5.41) is 0. The van der Waals surface area contributed by atoms with E-state index in [-0.39, 0.29) is 0 Å². The molecule has 0 aliphatic heterocycles. The second-order valence-corrected chi connectivity index (χ2v) is 4.53. The van der Waals surface area contributed by atoms with Crippen LogP contribution in [0.5, 0.6) is 0 Å². The highest BCUT2D eigenvalue weighted by Crippen LogP contribution is 2.19. The van der Waals surface area contributed by atoms with Crippen molar-refractivity contribution >= 4 is 5.65 Å². The van der Waals surface area contributed by atoms with Gasteiger partial charge in [0.15, 0.2) is 0 Å². The van der Waals surface area contributed by atoms with Crippen molar-refractivity contribution < 1.29 is 4.74 Å². The lowest BCUT2D eigenvalue weighted by atomic mass is 10.2. The summed E-state index contributed by atoms with van der Waals surface area (Å²) in [6.07, 6.45) is 4.21. The Balaban J connectivity index is 2.60. The molecule has 0 aliphatic rings. The fourth-order valence-electron chi connectivity index (χ4n) is 1.88. The zero-order chi connectivity index (χ0) is 11.7. The molecular formula is C13H18N2O. The van der Waals surface area contributed by atoms with E-state index in [1.807, 2.05) is 0 Å². The van der Waals surface area contributed by atoms with Crippen molar-refractivity contribution in [2.24, 2.45) is 0 Å². The molecule has 3 heteroatoms. The molecule has 16 heavy (non-hydrogen) atoms. The third-order valence-corrected chi connectivity index (χ3v) is 2.67. The van der Waals surface area contributed by atoms with Gasteiger partial charge in [-0.05, 0) is 24.5 Å². The molecule has 2 aromatic rings. The second-order valence-electron chi connectivity index (χ2n) is 4.53. The maximum Gasteiger partial charge on any atom is 0.142 e. The van der Waals surface area contributed by atoms with Gasteiger partial charge in [-0.3, -0.25) is 0 Å². The minimum absolute atomic E-state index is 0.454. The summed E-state index contributed by atoms with van der Waals surface area (Å²) in [6.45, 7) is 7.02. The predicted octanol–water partition coefficient (Wildman–Crippen LogP) is 2.91. The van der Waals surface area contributed by atoms with Crippen molar-refractivity contribution in [3.63, 3.8) is 0 Å². The average Bonchev–Trinajstić information content (AvgIpc) is 2.61. The van der Waals surface area contributed by atoms with Crippen LogP contribution in [0.2, 0.25) is 0 Å². The van der Waals surface area contributed by atoms with E-state index in [0.717, 1.165) is 16.9 Å². The van der Waals surface area contributed by atoms with E-state index in [0.29, 0.717) is 12.5 Å². The number of methoxy groups -OCH3 is 1. The molecule has 0 saturated heterocycles. The number of pyridine rings is 1. The molecule has 0 N–H and O–H groups in total. The summed E-state index contributed by atoms with van der Waals surface area (Å²) in [5.41, 5.74) is 4.51. The number of ether oxygens (including phenoxy) is 1. The normalized spacial score (nSPS) is 11.6. The first-order valence-corrected chi connectivity index (χ1v) is 5.59. The molecule has 0 radical (unpaired) electrons. The maximum atomic E-state index is 5.21. The van der Waals surface area contributed by atoms with Gasteiger partial charge in [-0.2, -0.15) is 0 Å². The zero-order valence-corrected chi connectivity index (χ0v) is 10.3. The Bertz CT molecular complexity index is 500. The van der Waals surface area contributed by atoms with Gasteiger partial charge in [0.05, 0.1) is 12.3 Å². The molecule has 86 valence electrons. The minimum atomic E-state index is 0.454. The monoisotopic (exact) mass is 218 g/mol. The largest absolute Gasteiger partial charge is 0.380 e. The Morgan fingerprint density at radius 1 is 1.38 bits per heavy atom. The van der Waals surface area contributed by atoms with E-state index < -0.39 is 0 Å². The van der Waals surface area contributed by atoms with Crippen LogP contribution < -0.4 is 0 Å². The number of hydrogen-bond acceptors (Lipinski definition) is 2. The van der Waals surface area contributed by atoms with Gasteiger partial charge >= 0.3 is 0 Å². The number of rotatable bonds is 3. The third-order valence-electron chi connectivity index (χ3n) is 2.67. The number of aryl methyl sites for hydroxylation is 1. The summed E-state index contributed by atoms with van der Waals surface area (Å²) in [4.78, 5) is 4.65.